The largest absolute Gasteiger partial charge is 0.335 e. The maximum absolute atomic E-state index is 12.3. The van der Waals surface area contributed by atoms with E-state index in [4.69, 9.17) is 0 Å². The topological polar surface area (TPSA) is 63.1 Å². The van der Waals surface area contributed by atoms with Gasteiger partial charge in [0.25, 0.3) is 0 Å². The van der Waals surface area contributed by atoms with Crippen LogP contribution < -0.4 is 5.32 Å². The van der Waals surface area contributed by atoms with Crippen LogP contribution in [0.5, 0.6) is 0 Å². The zero-order valence-corrected chi connectivity index (χ0v) is 11.0. The van der Waals surface area contributed by atoms with Crippen molar-refractivity contribution in [3.63, 3.8) is 0 Å². The molecule has 2 unspecified atom stereocenters. The Bertz CT molecular complexity index is 378. The fraction of sp³-hybridized carbons (Fsp3) is 0.750. The first-order chi connectivity index (χ1) is 8.74. The maximum atomic E-state index is 12.3. The third-order valence-corrected chi connectivity index (χ3v) is 3.55. The molecule has 1 aliphatic heterocycles. The number of aromatic nitrogens is 3. The second-order valence-corrected chi connectivity index (χ2v) is 4.71. The molecule has 0 bridgehead atoms. The van der Waals surface area contributed by atoms with Gasteiger partial charge in [0, 0.05) is 25.2 Å². The molecule has 6 heteroatoms. The Kier molecular flexibility index (Phi) is 4.30. The number of nitrogens with zero attached hydrogens (tertiary/aromatic N) is 4. The summed E-state index contributed by atoms with van der Waals surface area (Å²) < 4.78 is 1.58. The fourth-order valence-corrected chi connectivity index (χ4v) is 2.35. The first-order valence-corrected chi connectivity index (χ1v) is 6.59. The van der Waals surface area contributed by atoms with Crippen LogP contribution in [0.4, 0.5) is 0 Å². The van der Waals surface area contributed by atoms with Crippen molar-refractivity contribution in [1.82, 2.24) is 25.0 Å². The maximum Gasteiger partial charge on any atom is 0.244 e. The number of carbonyl (C=O) groups excluding carboxylic acids is 1. The number of carbonyl (C=O) groups is 1. The van der Waals surface area contributed by atoms with E-state index >= 15 is 0 Å². The third kappa shape index (κ3) is 2.87. The van der Waals surface area contributed by atoms with Gasteiger partial charge < -0.3 is 10.2 Å². The summed E-state index contributed by atoms with van der Waals surface area (Å²) in [6.45, 7) is 6.23. The zero-order chi connectivity index (χ0) is 13.0. The van der Waals surface area contributed by atoms with Crippen LogP contribution in [0.2, 0.25) is 0 Å². The number of hydrogen-bond donors (Lipinski definition) is 1. The molecule has 0 saturated carbocycles. The van der Waals surface area contributed by atoms with Crippen LogP contribution in [-0.2, 0) is 11.3 Å². The summed E-state index contributed by atoms with van der Waals surface area (Å²) in [5, 5.41) is 7.47. The highest BCUT2D eigenvalue weighted by atomic mass is 16.2. The van der Waals surface area contributed by atoms with E-state index in [9.17, 15) is 4.79 Å². The second kappa shape index (κ2) is 5.95. The van der Waals surface area contributed by atoms with Gasteiger partial charge >= 0.3 is 0 Å². The molecule has 0 aromatic carbocycles. The van der Waals surface area contributed by atoms with Gasteiger partial charge in [0.2, 0.25) is 5.91 Å². The highest BCUT2D eigenvalue weighted by Crippen LogP contribution is 2.12. The van der Waals surface area contributed by atoms with E-state index in [0.717, 1.165) is 25.9 Å². The Hall–Kier alpha value is -1.43. The molecule has 1 aliphatic rings. The predicted molar refractivity (Wildman–Crippen MR) is 67.9 cm³/mol. The van der Waals surface area contributed by atoms with Crippen molar-refractivity contribution in [3.8, 4) is 0 Å². The summed E-state index contributed by atoms with van der Waals surface area (Å²) in [4.78, 5) is 18.2. The molecule has 1 aromatic heterocycles. The minimum Gasteiger partial charge on any atom is -0.335 e. The van der Waals surface area contributed by atoms with Gasteiger partial charge in [-0.3, -0.25) is 4.79 Å². The Labute approximate surface area is 107 Å². The van der Waals surface area contributed by atoms with Crippen molar-refractivity contribution in [2.24, 2.45) is 0 Å². The van der Waals surface area contributed by atoms with Crippen molar-refractivity contribution >= 4 is 5.91 Å². The summed E-state index contributed by atoms with van der Waals surface area (Å²) in [5.41, 5.74) is 0. The van der Waals surface area contributed by atoms with Gasteiger partial charge in [-0.25, -0.2) is 9.67 Å². The molecule has 1 aromatic rings. The Balaban J connectivity index is 2.00. The number of nitrogens with one attached hydrogen (secondary N) is 1. The highest BCUT2D eigenvalue weighted by Gasteiger charge is 2.29. The molecular formula is C12H21N5O. The number of rotatable bonds is 4. The Morgan fingerprint density at radius 1 is 1.44 bits per heavy atom. The van der Waals surface area contributed by atoms with Crippen molar-refractivity contribution in [2.45, 2.75) is 45.3 Å². The molecule has 18 heavy (non-hydrogen) atoms. The number of amides is 1. The molecule has 1 amide bonds. The van der Waals surface area contributed by atoms with E-state index in [1.165, 1.54) is 6.33 Å². The van der Waals surface area contributed by atoms with Crippen LogP contribution in [0.25, 0.3) is 0 Å². The van der Waals surface area contributed by atoms with Crippen molar-refractivity contribution in [1.29, 1.82) is 0 Å². The van der Waals surface area contributed by atoms with Gasteiger partial charge in [0.1, 0.15) is 19.2 Å². The van der Waals surface area contributed by atoms with Crippen LogP contribution in [-0.4, -0.2) is 50.7 Å². The fourth-order valence-electron chi connectivity index (χ4n) is 2.35. The predicted octanol–water partition coefficient (Wildman–Crippen LogP) is 0.267. The minimum atomic E-state index is 0.132. The number of piperazine rings is 1. The van der Waals surface area contributed by atoms with Crippen LogP contribution in [0.1, 0.15) is 26.7 Å². The lowest BCUT2D eigenvalue weighted by Gasteiger charge is -2.40. The van der Waals surface area contributed by atoms with Gasteiger partial charge in [-0.05, 0) is 12.8 Å². The van der Waals surface area contributed by atoms with E-state index in [0.29, 0.717) is 12.1 Å². The van der Waals surface area contributed by atoms with Crippen LogP contribution >= 0.6 is 0 Å². The molecule has 0 radical (unpaired) electrons. The highest BCUT2D eigenvalue weighted by molar-refractivity contribution is 5.76. The molecular weight excluding hydrogens is 230 g/mol. The average molecular weight is 251 g/mol. The van der Waals surface area contributed by atoms with Gasteiger partial charge in [-0.2, -0.15) is 5.10 Å². The van der Waals surface area contributed by atoms with E-state index in [2.05, 4.69) is 29.2 Å². The normalized spacial score (nSPS) is 24.2. The first-order valence-electron chi connectivity index (χ1n) is 6.59. The summed E-state index contributed by atoms with van der Waals surface area (Å²) in [6.07, 6.45) is 5.06. The molecule has 6 nitrogen and oxygen atoms in total. The monoisotopic (exact) mass is 251 g/mol. The quantitative estimate of drug-likeness (QED) is 0.834. The molecule has 1 fully saturated rings. The van der Waals surface area contributed by atoms with Gasteiger partial charge in [-0.15, -0.1) is 0 Å². The lowest BCUT2D eigenvalue weighted by molar-refractivity contribution is -0.136. The minimum absolute atomic E-state index is 0.132. The van der Waals surface area contributed by atoms with Crippen molar-refractivity contribution in [2.75, 3.05) is 13.1 Å². The molecule has 100 valence electrons. The average Bonchev–Trinajstić information content (AvgIpc) is 2.90. The lowest BCUT2D eigenvalue weighted by atomic mass is 10.1. The first kappa shape index (κ1) is 13.0. The van der Waals surface area contributed by atoms with E-state index < -0.39 is 0 Å². The molecule has 1 N–H and O–H groups in total. The molecule has 2 rings (SSSR count). The zero-order valence-electron chi connectivity index (χ0n) is 11.0. The smallest absolute Gasteiger partial charge is 0.244 e. The van der Waals surface area contributed by atoms with Crippen molar-refractivity contribution < 1.29 is 4.79 Å². The molecule has 0 spiro atoms. The molecule has 2 heterocycles. The van der Waals surface area contributed by atoms with Gasteiger partial charge in [0.15, 0.2) is 0 Å². The summed E-state index contributed by atoms with van der Waals surface area (Å²) in [7, 11) is 0. The van der Waals surface area contributed by atoms with Crippen LogP contribution in [0.3, 0.4) is 0 Å². The summed E-state index contributed by atoms with van der Waals surface area (Å²) >= 11 is 0. The SMILES string of the molecule is CCC1CN(C(=O)Cn2cncn2)C(CC)CN1. The summed E-state index contributed by atoms with van der Waals surface area (Å²) in [5.74, 6) is 0.132. The molecule has 1 saturated heterocycles. The van der Waals surface area contributed by atoms with Crippen LogP contribution in [0, 0.1) is 0 Å². The van der Waals surface area contributed by atoms with E-state index in [-0.39, 0.29) is 12.5 Å². The standard InChI is InChI=1S/C12H21N5O/c1-3-10-6-17(11(4-2)5-14-10)12(18)7-16-9-13-8-15-16/h8-11,14H,3-7H2,1-2H3. The molecule has 0 aliphatic carbocycles. The Morgan fingerprint density at radius 3 is 2.89 bits per heavy atom. The van der Waals surface area contributed by atoms with Gasteiger partial charge in [-0.1, -0.05) is 13.8 Å². The third-order valence-electron chi connectivity index (χ3n) is 3.55. The van der Waals surface area contributed by atoms with E-state index in [1.807, 2.05) is 4.90 Å². The number of hydrogen-bond acceptors (Lipinski definition) is 4. The van der Waals surface area contributed by atoms with Crippen LogP contribution in [0.15, 0.2) is 12.7 Å². The van der Waals surface area contributed by atoms with Crippen molar-refractivity contribution in [3.05, 3.63) is 12.7 Å². The van der Waals surface area contributed by atoms with E-state index in [1.54, 1.807) is 11.0 Å². The molecule has 2 atom stereocenters. The summed E-state index contributed by atoms with van der Waals surface area (Å²) in [6, 6.07) is 0.705. The van der Waals surface area contributed by atoms with Gasteiger partial charge in [0.05, 0.1) is 0 Å². The second-order valence-electron chi connectivity index (χ2n) is 4.71. The Morgan fingerprint density at radius 2 is 2.28 bits per heavy atom. The lowest BCUT2D eigenvalue weighted by Crippen LogP contribution is -2.58.